The lowest BCUT2D eigenvalue weighted by molar-refractivity contribution is 1.06. The van der Waals surface area contributed by atoms with Crippen LogP contribution in [0.2, 0.25) is 0 Å². The van der Waals surface area contributed by atoms with E-state index in [1.807, 2.05) is 20.0 Å². The summed E-state index contributed by atoms with van der Waals surface area (Å²) in [5.74, 6) is 0. The lowest BCUT2D eigenvalue weighted by Gasteiger charge is -2.06. The van der Waals surface area contributed by atoms with Gasteiger partial charge in [0.2, 0.25) is 0 Å². The summed E-state index contributed by atoms with van der Waals surface area (Å²) in [4.78, 5) is 8.96. The van der Waals surface area contributed by atoms with Gasteiger partial charge in [0.1, 0.15) is 0 Å². The lowest BCUT2D eigenvalue weighted by atomic mass is 10.0. The monoisotopic (exact) mass is 234 g/mol. The highest BCUT2D eigenvalue weighted by Crippen LogP contribution is 2.24. The van der Waals surface area contributed by atoms with Crippen molar-refractivity contribution in [1.82, 2.24) is 9.97 Å². The third-order valence-corrected chi connectivity index (χ3v) is 3.09. The van der Waals surface area contributed by atoms with Crippen molar-refractivity contribution in [3.8, 4) is 11.3 Å². The highest BCUT2D eigenvalue weighted by molar-refractivity contribution is 5.86. The number of aromatic nitrogens is 2. The molecule has 0 aliphatic rings. The van der Waals surface area contributed by atoms with Crippen molar-refractivity contribution in [2.75, 3.05) is 0 Å². The van der Waals surface area contributed by atoms with Crippen molar-refractivity contribution in [3.63, 3.8) is 0 Å². The molecule has 1 heterocycles. The zero-order valence-electron chi connectivity index (χ0n) is 10.5. The van der Waals surface area contributed by atoms with E-state index >= 15 is 0 Å². The molecule has 2 heteroatoms. The second kappa shape index (κ2) is 4.22. The molecule has 3 aromatic rings. The lowest BCUT2D eigenvalue weighted by Crippen LogP contribution is -1.94. The number of hydrogen-bond acceptors (Lipinski definition) is 2. The van der Waals surface area contributed by atoms with Crippen LogP contribution in [0.25, 0.3) is 22.0 Å². The van der Waals surface area contributed by atoms with Crippen LogP contribution in [0.3, 0.4) is 0 Å². The van der Waals surface area contributed by atoms with Crippen LogP contribution in [0, 0.1) is 13.8 Å². The van der Waals surface area contributed by atoms with E-state index in [4.69, 9.17) is 0 Å². The van der Waals surface area contributed by atoms with E-state index in [0.717, 1.165) is 22.6 Å². The van der Waals surface area contributed by atoms with Gasteiger partial charge in [-0.15, -0.1) is 0 Å². The molecule has 3 rings (SSSR count). The van der Waals surface area contributed by atoms with Crippen molar-refractivity contribution in [2.24, 2.45) is 0 Å². The van der Waals surface area contributed by atoms with Gasteiger partial charge < -0.3 is 0 Å². The molecule has 0 spiro atoms. The SMILES string of the molecule is Cc1cnc(-c2ccc3ccccc3c2)c(C)n1. The number of aryl methyl sites for hydroxylation is 2. The van der Waals surface area contributed by atoms with Gasteiger partial charge >= 0.3 is 0 Å². The maximum atomic E-state index is 4.49. The van der Waals surface area contributed by atoms with Crippen molar-refractivity contribution >= 4 is 10.8 Å². The Morgan fingerprint density at radius 2 is 1.67 bits per heavy atom. The largest absolute Gasteiger partial charge is 0.255 e. The van der Waals surface area contributed by atoms with Crippen LogP contribution >= 0.6 is 0 Å². The van der Waals surface area contributed by atoms with Gasteiger partial charge in [0.25, 0.3) is 0 Å². The number of fused-ring (bicyclic) bond motifs is 1. The standard InChI is InChI=1S/C16H14N2/c1-11-10-17-16(12(2)18-11)15-8-7-13-5-3-4-6-14(13)9-15/h3-10H,1-2H3. The number of hydrogen-bond donors (Lipinski definition) is 0. The van der Waals surface area contributed by atoms with E-state index in [9.17, 15) is 0 Å². The molecular weight excluding hydrogens is 220 g/mol. The molecule has 0 amide bonds. The Morgan fingerprint density at radius 1 is 0.889 bits per heavy atom. The molecule has 0 unspecified atom stereocenters. The minimum Gasteiger partial charge on any atom is -0.255 e. The number of benzene rings is 2. The van der Waals surface area contributed by atoms with Crippen LogP contribution in [0.1, 0.15) is 11.4 Å². The molecule has 0 atom stereocenters. The molecule has 18 heavy (non-hydrogen) atoms. The van der Waals surface area contributed by atoms with E-state index in [0.29, 0.717) is 0 Å². The van der Waals surface area contributed by atoms with Crippen LogP contribution in [-0.4, -0.2) is 9.97 Å². The topological polar surface area (TPSA) is 25.8 Å². The van der Waals surface area contributed by atoms with Crippen molar-refractivity contribution in [3.05, 3.63) is 60.0 Å². The van der Waals surface area contributed by atoms with Gasteiger partial charge in [0.05, 0.1) is 17.1 Å². The number of nitrogens with zero attached hydrogens (tertiary/aromatic N) is 2. The third kappa shape index (κ3) is 1.86. The smallest absolute Gasteiger partial charge is 0.0914 e. The first kappa shape index (κ1) is 10.9. The zero-order valence-corrected chi connectivity index (χ0v) is 10.5. The average molecular weight is 234 g/mol. The Labute approximate surface area is 106 Å². The molecule has 0 aliphatic heterocycles. The molecule has 1 aromatic heterocycles. The third-order valence-electron chi connectivity index (χ3n) is 3.09. The molecule has 0 radical (unpaired) electrons. The summed E-state index contributed by atoms with van der Waals surface area (Å²) in [6.45, 7) is 3.97. The molecule has 88 valence electrons. The Morgan fingerprint density at radius 3 is 2.44 bits per heavy atom. The first-order chi connectivity index (χ1) is 8.74. The Balaban J connectivity index is 2.19. The van der Waals surface area contributed by atoms with Gasteiger partial charge in [-0.2, -0.15) is 0 Å². The highest BCUT2D eigenvalue weighted by atomic mass is 14.8. The second-order valence-electron chi connectivity index (χ2n) is 4.51. The maximum absolute atomic E-state index is 4.49. The predicted octanol–water partition coefficient (Wildman–Crippen LogP) is 3.91. The number of rotatable bonds is 1. The summed E-state index contributed by atoms with van der Waals surface area (Å²) >= 11 is 0. The summed E-state index contributed by atoms with van der Waals surface area (Å²) in [6, 6.07) is 14.8. The van der Waals surface area contributed by atoms with Crippen LogP contribution in [0.15, 0.2) is 48.7 Å². The Kier molecular flexibility index (Phi) is 2.56. The van der Waals surface area contributed by atoms with Gasteiger partial charge in [0, 0.05) is 11.8 Å². The van der Waals surface area contributed by atoms with E-state index < -0.39 is 0 Å². The van der Waals surface area contributed by atoms with Crippen LogP contribution in [0.5, 0.6) is 0 Å². The fourth-order valence-electron chi connectivity index (χ4n) is 2.22. The molecule has 0 fully saturated rings. The fraction of sp³-hybridized carbons (Fsp3) is 0.125. The van der Waals surface area contributed by atoms with Gasteiger partial charge in [0.15, 0.2) is 0 Å². The minimum atomic E-state index is 0.956. The summed E-state index contributed by atoms with van der Waals surface area (Å²) in [5, 5.41) is 2.48. The Bertz CT molecular complexity index is 717. The molecule has 0 saturated carbocycles. The maximum Gasteiger partial charge on any atom is 0.0914 e. The van der Waals surface area contributed by atoms with E-state index in [-0.39, 0.29) is 0 Å². The predicted molar refractivity (Wildman–Crippen MR) is 74.4 cm³/mol. The zero-order chi connectivity index (χ0) is 12.5. The molecule has 2 aromatic carbocycles. The first-order valence-electron chi connectivity index (χ1n) is 6.03. The minimum absolute atomic E-state index is 0.956. The molecule has 0 bridgehead atoms. The Hall–Kier alpha value is -2.22. The van der Waals surface area contributed by atoms with Gasteiger partial charge in [-0.1, -0.05) is 36.4 Å². The first-order valence-corrected chi connectivity index (χ1v) is 6.03. The van der Waals surface area contributed by atoms with Gasteiger partial charge in [-0.25, -0.2) is 0 Å². The molecule has 2 nitrogen and oxygen atoms in total. The van der Waals surface area contributed by atoms with Crippen LogP contribution in [0.4, 0.5) is 0 Å². The summed E-state index contributed by atoms with van der Waals surface area (Å²) in [6.07, 6.45) is 1.82. The van der Waals surface area contributed by atoms with Crippen molar-refractivity contribution in [1.29, 1.82) is 0 Å². The van der Waals surface area contributed by atoms with Gasteiger partial charge in [-0.3, -0.25) is 9.97 Å². The summed E-state index contributed by atoms with van der Waals surface area (Å²) in [7, 11) is 0. The van der Waals surface area contributed by atoms with Crippen molar-refractivity contribution in [2.45, 2.75) is 13.8 Å². The van der Waals surface area contributed by atoms with Gasteiger partial charge in [-0.05, 0) is 30.7 Å². The fourth-order valence-corrected chi connectivity index (χ4v) is 2.22. The molecule has 0 aliphatic carbocycles. The van der Waals surface area contributed by atoms with E-state index in [1.165, 1.54) is 10.8 Å². The van der Waals surface area contributed by atoms with Crippen LogP contribution < -0.4 is 0 Å². The molecule has 0 saturated heterocycles. The highest BCUT2D eigenvalue weighted by Gasteiger charge is 2.05. The molecule has 0 N–H and O–H groups in total. The summed E-state index contributed by atoms with van der Waals surface area (Å²) < 4.78 is 0. The van der Waals surface area contributed by atoms with Crippen LogP contribution in [-0.2, 0) is 0 Å². The van der Waals surface area contributed by atoms with E-state index in [2.05, 4.69) is 52.4 Å². The second-order valence-corrected chi connectivity index (χ2v) is 4.51. The quantitative estimate of drug-likeness (QED) is 0.638. The van der Waals surface area contributed by atoms with E-state index in [1.54, 1.807) is 0 Å². The molecular formula is C16H14N2. The average Bonchev–Trinajstić information content (AvgIpc) is 2.38. The summed E-state index contributed by atoms with van der Waals surface area (Å²) in [5.41, 5.74) is 4.02. The normalized spacial score (nSPS) is 10.8. The van der Waals surface area contributed by atoms with Crippen molar-refractivity contribution < 1.29 is 0 Å².